The summed E-state index contributed by atoms with van der Waals surface area (Å²) in [5, 5.41) is 0. The van der Waals surface area contributed by atoms with Gasteiger partial charge in [-0.2, -0.15) is 0 Å². The van der Waals surface area contributed by atoms with Gasteiger partial charge in [0.15, 0.2) is 0 Å². The van der Waals surface area contributed by atoms with Crippen molar-refractivity contribution in [2.24, 2.45) is 17.1 Å². The van der Waals surface area contributed by atoms with Gasteiger partial charge in [-0.3, -0.25) is 0 Å². The molecule has 0 aliphatic heterocycles. The summed E-state index contributed by atoms with van der Waals surface area (Å²) in [5.74, 6) is 0.982. The van der Waals surface area contributed by atoms with Crippen LogP contribution < -0.4 is 5.73 Å². The number of rotatable bonds is 3. The monoisotopic (exact) mass is 181 g/mol. The summed E-state index contributed by atoms with van der Waals surface area (Å²) >= 11 is 0. The lowest BCUT2D eigenvalue weighted by molar-refractivity contribution is 0.201. The Balaban J connectivity index is 1.91. The van der Waals surface area contributed by atoms with E-state index in [0.717, 1.165) is 5.92 Å². The molecule has 2 aliphatic carbocycles. The molecular formula is C12H23N. The summed E-state index contributed by atoms with van der Waals surface area (Å²) in [6.45, 7) is 4.75. The second-order valence-corrected chi connectivity index (χ2v) is 5.89. The van der Waals surface area contributed by atoms with Gasteiger partial charge in [0.1, 0.15) is 0 Å². The van der Waals surface area contributed by atoms with Gasteiger partial charge in [-0.05, 0) is 30.6 Å². The Morgan fingerprint density at radius 2 is 1.77 bits per heavy atom. The van der Waals surface area contributed by atoms with Gasteiger partial charge < -0.3 is 5.73 Å². The van der Waals surface area contributed by atoms with Crippen LogP contribution in [0, 0.1) is 11.3 Å². The minimum atomic E-state index is 0.204. The van der Waals surface area contributed by atoms with Crippen LogP contribution in [0.2, 0.25) is 0 Å². The maximum absolute atomic E-state index is 6.30. The molecule has 0 spiro atoms. The van der Waals surface area contributed by atoms with Crippen molar-refractivity contribution in [3.8, 4) is 0 Å². The third-order valence-electron chi connectivity index (χ3n) is 4.41. The van der Waals surface area contributed by atoms with Crippen LogP contribution in [0.4, 0.5) is 0 Å². The van der Waals surface area contributed by atoms with Crippen molar-refractivity contribution in [1.82, 2.24) is 0 Å². The van der Waals surface area contributed by atoms with E-state index in [9.17, 15) is 0 Å². The van der Waals surface area contributed by atoms with Gasteiger partial charge in [-0.1, -0.05) is 39.5 Å². The van der Waals surface area contributed by atoms with E-state index >= 15 is 0 Å². The molecule has 0 atom stereocenters. The molecule has 0 aromatic heterocycles. The van der Waals surface area contributed by atoms with Gasteiger partial charge in [-0.15, -0.1) is 0 Å². The fourth-order valence-electron chi connectivity index (χ4n) is 2.95. The molecule has 0 heterocycles. The highest BCUT2D eigenvalue weighted by atomic mass is 14.9. The minimum Gasteiger partial charge on any atom is -0.325 e. The van der Waals surface area contributed by atoms with Crippen LogP contribution in [0.3, 0.4) is 0 Å². The lowest BCUT2D eigenvalue weighted by atomic mass is 9.74. The van der Waals surface area contributed by atoms with E-state index < -0.39 is 0 Å². The van der Waals surface area contributed by atoms with Gasteiger partial charge in [0, 0.05) is 5.54 Å². The SMILES string of the molecule is CC(C)(CC1CCCC1)C1(N)CC1. The van der Waals surface area contributed by atoms with E-state index in [1.165, 1.54) is 44.9 Å². The van der Waals surface area contributed by atoms with Crippen LogP contribution >= 0.6 is 0 Å². The second-order valence-electron chi connectivity index (χ2n) is 5.89. The number of nitrogens with two attached hydrogens (primary N) is 1. The number of hydrogen-bond donors (Lipinski definition) is 1. The minimum absolute atomic E-state index is 0.204. The highest BCUT2D eigenvalue weighted by Gasteiger charge is 2.51. The quantitative estimate of drug-likeness (QED) is 0.711. The fraction of sp³-hybridized carbons (Fsp3) is 1.00. The molecule has 0 aromatic rings. The maximum atomic E-state index is 6.30. The van der Waals surface area contributed by atoms with Gasteiger partial charge in [0.2, 0.25) is 0 Å². The largest absolute Gasteiger partial charge is 0.325 e. The lowest BCUT2D eigenvalue weighted by Gasteiger charge is -2.34. The first kappa shape index (κ1) is 9.51. The zero-order valence-corrected chi connectivity index (χ0v) is 9.10. The van der Waals surface area contributed by atoms with E-state index in [-0.39, 0.29) is 5.54 Å². The molecule has 0 aromatic carbocycles. The smallest absolute Gasteiger partial charge is 0.0207 e. The maximum Gasteiger partial charge on any atom is 0.0207 e. The predicted molar refractivity (Wildman–Crippen MR) is 56.5 cm³/mol. The van der Waals surface area contributed by atoms with Crippen molar-refractivity contribution >= 4 is 0 Å². The van der Waals surface area contributed by atoms with Gasteiger partial charge >= 0.3 is 0 Å². The van der Waals surface area contributed by atoms with Crippen LogP contribution in [0.1, 0.15) is 58.8 Å². The van der Waals surface area contributed by atoms with Crippen molar-refractivity contribution in [3.63, 3.8) is 0 Å². The summed E-state index contributed by atoms with van der Waals surface area (Å²) in [6.07, 6.45) is 9.71. The van der Waals surface area contributed by atoms with Crippen LogP contribution in [-0.2, 0) is 0 Å². The van der Waals surface area contributed by atoms with Crippen LogP contribution in [0.15, 0.2) is 0 Å². The zero-order valence-electron chi connectivity index (χ0n) is 9.10. The van der Waals surface area contributed by atoms with Gasteiger partial charge in [-0.25, -0.2) is 0 Å². The Bertz CT molecular complexity index is 185. The third kappa shape index (κ3) is 1.76. The Hall–Kier alpha value is -0.0400. The molecule has 0 amide bonds. The van der Waals surface area contributed by atoms with Gasteiger partial charge in [0.05, 0.1) is 0 Å². The molecule has 2 saturated carbocycles. The number of hydrogen-bond acceptors (Lipinski definition) is 1. The van der Waals surface area contributed by atoms with Crippen molar-refractivity contribution in [1.29, 1.82) is 0 Å². The molecule has 2 rings (SSSR count). The predicted octanol–water partition coefficient (Wildman–Crippen LogP) is 3.08. The Morgan fingerprint density at radius 1 is 1.23 bits per heavy atom. The molecule has 0 bridgehead atoms. The molecule has 1 nitrogen and oxygen atoms in total. The molecule has 1 heteroatoms. The van der Waals surface area contributed by atoms with Crippen molar-refractivity contribution < 1.29 is 0 Å². The second kappa shape index (κ2) is 2.98. The molecule has 76 valence electrons. The van der Waals surface area contributed by atoms with Crippen LogP contribution in [0.25, 0.3) is 0 Å². The third-order valence-corrected chi connectivity index (χ3v) is 4.41. The molecule has 2 N–H and O–H groups in total. The summed E-state index contributed by atoms with van der Waals surface area (Å²) in [7, 11) is 0. The highest BCUT2D eigenvalue weighted by Crippen LogP contribution is 2.52. The van der Waals surface area contributed by atoms with Crippen LogP contribution in [-0.4, -0.2) is 5.54 Å². The van der Waals surface area contributed by atoms with Crippen molar-refractivity contribution in [2.45, 2.75) is 64.3 Å². The summed E-state index contributed by atoms with van der Waals surface area (Å²) in [6, 6.07) is 0. The fourth-order valence-corrected chi connectivity index (χ4v) is 2.95. The molecule has 2 fully saturated rings. The Labute approximate surface area is 82.1 Å². The molecule has 0 radical (unpaired) electrons. The van der Waals surface area contributed by atoms with E-state index in [2.05, 4.69) is 13.8 Å². The van der Waals surface area contributed by atoms with Crippen molar-refractivity contribution in [3.05, 3.63) is 0 Å². The molecule has 0 unspecified atom stereocenters. The molecule has 13 heavy (non-hydrogen) atoms. The summed E-state index contributed by atoms with van der Waals surface area (Å²) < 4.78 is 0. The topological polar surface area (TPSA) is 26.0 Å². The average Bonchev–Trinajstić information content (AvgIpc) is 2.63. The molecule has 2 aliphatic rings. The Kier molecular flexibility index (Phi) is 2.18. The average molecular weight is 181 g/mol. The van der Waals surface area contributed by atoms with E-state index in [0.29, 0.717) is 5.41 Å². The van der Waals surface area contributed by atoms with Crippen molar-refractivity contribution in [2.75, 3.05) is 0 Å². The standard InChI is InChI=1S/C12H23N/c1-11(2,12(13)7-8-12)9-10-5-3-4-6-10/h10H,3-9,13H2,1-2H3. The van der Waals surface area contributed by atoms with E-state index in [4.69, 9.17) is 5.73 Å². The molecule has 0 saturated heterocycles. The molecular weight excluding hydrogens is 158 g/mol. The first-order chi connectivity index (χ1) is 6.04. The highest BCUT2D eigenvalue weighted by molar-refractivity contribution is 5.09. The van der Waals surface area contributed by atoms with E-state index in [1.807, 2.05) is 0 Å². The first-order valence-corrected chi connectivity index (χ1v) is 5.82. The summed E-state index contributed by atoms with van der Waals surface area (Å²) in [4.78, 5) is 0. The summed E-state index contributed by atoms with van der Waals surface area (Å²) in [5.41, 5.74) is 6.90. The lowest BCUT2D eigenvalue weighted by Crippen LogP contribution is -2.40. The van der Waals surface area contributed by atoms with E-state index in [1.54, 1.807) is 0 Å². The first-order valence-electron chi connectivity index (χ1n) is 5.82. The zero-order chi connectivity index (χ0) is 9.53. The van der Waals surface area contributed by atoms with Gasteiger partial charge in [0.25, 0.3) is 0 Å². The Morgan fingerprint density at radius 3 is 2.23 bits per heavy atom. The van der Waals surface area contributed by atoms with Crippen LogP contribution in [0.5, 0.6) is 0 Å². The normalized spacial score (nSPS) is 27.9.